The van der Waals surface area contributed by atoms with E-state index in [-0.39, 0.29) is 0 Å². The summed E-state index contributed by atoms with van der Waals surface area (Å²) in [4.78, 5) is 4.56. The highest BCUT2D eigenvalue weighted by Gasteiger charge is 2.09. The molecule has 0 unspecified atom stereocenters. The molecule has 0 saturated carbocycles. The van der Waals surface area contributed by atoms with Gasteiger partial charge in [-0.1, -0.05) is 12.1 Å². The molecule has 2 aromatic heterocycles. The standard InChI is InChI=1S/C15H14BrN3O/c1-20-12-4-2-10(3-5-12)8-14-18-15(16)13-9-11(17)6-7-19(13)14/h2-7,9H,8,17H2,1H3. The third-order valence-corrected chi connectivity index (χ3v) is 3.80. The number of benzene rings is 1. The molecule has 0 bridgehead atoms. The third-order valence-electron chi connectivity index (χ3n) is 3.22. The first-order valence-electron chi connectivity index (χ1n) is 6.22. The van der Waals surface area contributed by atoms with Crippen molar-refractivity contribution in [3.05, 3.63) is 58.6 Å². The lowest BCUT2D eigenvalue weighted by molar-refractivity contribution is 0.414. The Morgan fingerprint density at radius 1 is 1.25 bits per heavy atom. The van der Waals surface area contributed by atoms with Gasteiger partial charge in [0.25, 0.3) is 0 Å². The molecule has 0 radical (unpaired) electrons. The summed E-state index contributed by atoms with van der Waals surface area (Å²) < 4.78 is 8.02. The Morgan fingerprint density at radius 2 is 2.00 bits per heavy atom. The smallest absolute Gasteiger partial charge is 0.132 e. The molecule has 4 nitrogen and oxygen atoms in total. The third kappa shape index (κ3) is 2.36. The maximum atomic E-state index is 5.81. The van der Waals surface area contributed by atoms with Crippen molar-refractivity contribution in [1.29, 1.82) is 0 Å². The second-order valence-corrected chi connectivity index (χ2v) is 5.31. The minimum absolute atomic E-state index is 0.731. The largest absolute Gasteiger partial charge is 0.497 e. The fourth-order valence-corrected chi connectivity index (χ4v) is 2.69. The van der Waals surface area contributed by atoms with Gasteiger partial charge in [0.05, 0.1) is 12.6 Å². The number of imidazole rings is 1. The molecule has 2 N–H and O–H groups in total. The van der Waals surface area contributed by atoms with Gasteiger partial charge in [-0.15, -0.1) is 0 Å². The van der Waals surface area contributed by atoms with Crippen molar-refractivity contribution in [2.75, 3.05) is 12.8 Å². The second kappa shape index (κ2) is 5.17. The quantitative estimate of drug-likeness (QED) is 0.801. The van der Waals surface area contributed by atoms with Gasteiger partial charge in [-0.3, -0.25) is 0 Å². The number of nitrogen functional groups attached to an aromatic ring is 1. The number of methoxy groups -OCH3 is 1. The van der Waals surface area contributed by atoms with Crippen LogP contribution in [0, 0.1) is 0 Å². The van der Waals surface area contributed by atoms with Crippen LogP contribution in [0.5, 0.6) is 5.75 Å². The lowest BCUT2D eigenvalue weighted by Gasteiger charge is -2.04. The average molecular weight is 332 g/mol. The highest BCUT2D eigenvalue weighted by Crippen LogP contribution is 2.23. The van der Waals surface area contributed by atoms with Crippen molar-refractivity contribution in [1.82, 2.24) is 9.38 Å². The molecule has 20 heavy (non-hydrogen) atoms. The Morgan fingerprint density at radius 3 is 2.70 bits per heavy atom. The van der Waals surface area contributed by atoms with E-state index in [1.807, 2.05) is 47.0 Å². The number of pyridine rings is 1. The van der Waals surface area contributed by atoms with Crippen molar-refractivity contribution in [2.45, 2.75) is 6.42 Å². The zero-order valence-corrected chi connectivity index (χ0v) is 12.6. The van der Waals surface area contributed by atoms with Gasteiger partial charge >= 0.3 is 0 Å². The van der Waals surface area contributed by atoms with Gasteiger partial charge in [-0.25, -0.2) is 4.98 Å². The van der Waals surface area contributed by atoms with Crippen LogP contribution >= 0.6 is 15.9 Å². The molecule has 3 rings (SSSR count). The number of nitrogens with zero attached hydrogens (tertiary/aromatic N) is 2. The molecule has 5 heteroatoms. The number of anilines is 1. The number of fused-ring (bicyclic) bond motifs is 1. The van der Waals surface area contributed by atoms with Crippen molar-refractivity contribution >= 4 is 27.1 Å². The molecule has 2 heterocycles. The molecule has 0 aliphatic heterocycles. The predicted octanol–water partition coefficient (Wildman–Crippen LogP) is 3.28. The van der Waals surface area contributed by atoms with Crippen LogP contribution in [-0.4, -0.2) is 16.5 Å². The number of nitrogens with two attached hydrogens (primary N) is 1. The van der Waals surface area contributed by atoms with Gasteiger partial charge in [0.1, 0.15) is 16.2 Å². The molecular formula is C15H14BrN3O. The van der Waals surface area contributed by atoms with E-state index < -0.39 is 0 Å². The first-order valence-corrected chi connectivity index (χ1v) is 7.01. The number of aromatic nitrogens is 2. The summed E-state index contributed by atoms with van der Waals surface area (Å²) >= 11 is 3.48. The molecular weight excluding hydrogens is 318 g/mol. The monoisotopic (exact) mass is 331 g/mol. The van der Waals surface area contributed by atoms with Crippen LogP contribution in [0.15, 0.2) is 47.2 Å². The van der Waals surface area contributed by atoms with E-state index in [9.17, 15) is 0 Å². The number of hydrogen-bond donors (Lipinski definition) is 1. The minimum atomic E-state index is 0.731. The molecule has 0 aliphatic carbocycles. The summed E-state index contributed by atoms with van der Waals surface area (Å²) in [5, 5.41) is 0. The van der Waals surface area contributed by atoms with Gasteiger partial charge in [-0.05, 0) is 45.8 Å². The zero-order valence-electron chi connectivity index (χ0n) is 11.0. The Hall–Kier alpha value is -2.01. The van der Waals surface area contributed by atoms with Crippen molar-refractivity contribution in [3.8, 4) is 5.75 Å². The Balaban J connectivity index is 1.97. The first-order chi connectivity index (χ1) is 9.67. The van der Waals surface area contributed by atoms with E-state index in [2.05, 4.69) is 20.9 Å². The van der Waals surface area contributed by atoms with Gasteiger partial charge < -0.3 is 14.9 Å². The summed E-state index contributed by atoms with van der Waals surface area (Å²) in [6.45, 7) is 0. The molecule has 0 aliphatic rings. The van der Waals surface area contributed by atoms with Crippen molar-refractivity contribution in [2.24, 2.45) is 0 Å². The highest BCUT2D eigenvalue weighted by atomic mass is 79.9. The highest BCUT2D eigenvalue weighted by molar-refractivity contribution is 9.10. The molecule has 3 aromatic rings. The molecule has 0 amide bonds. The topological polar surface area (TPSA) is 52.5 Å². The van der Waals surface area contributed by atoms with Gasteiger partial charge in [0.2, 0.25) is 0 Å². The van der Waals surface area contributed by atoms with E-state index in [1.54, 1.807) is 7.11 Å². The molecule has 1 aromatic carbocycles. The molecule has 0 spiro atoms. The average Bonchev–Trinajstić information content (AvgIpc) is 2.76. The van der Waals surface area contributed by atoms with Crippen LogP contribution in [0.3, 0.4) is 0 Å². The summed E-state index contributed by atoms with van der Waals surface area (Å²) in [5.74, 6) is 1.83. The van der Waals surface area contributed by atoms with Crippen LogP contribution < -0.4 is 10.5 Å². The van der Waals surface area contributed by atoms with Crippen LogP contribution in [0.2, 0.25) is 0 Å². The summed E-state index contributed by atoms with van der Waals surface area (Å²) in [6, 6.07) is 11.8. The van der Waals surface area contributed by atoms with Crippen molar-refractivity contribution < 1.29 is 4.74 Å². The number of ether oxygens (including phenoxy) is 1. The SMILES string of the molecule is COc1ccc(Cc2nc(Br)c3cc(N)ccn23)cc1. The number of halogens is 1. The fourth-order valence-electron chi connectivity index (χ4n) is 2.18. The Bertz CT molecular complexity index is 750. The number of hydrogen-bond acceptors (Lipinski definition) is 3. The first kappa shape index (κ1) is 13.0. The maximum absolute atomic E-state index is 5.81. The van der Waals surface area contributed by atoms with Crippen LogP contribution in [0.4, 0.5) is 5.69 Å². The summed E-state index contributed by atoms with van der Waals surface area (Å²) in [6.07, 6.45) is 2.70. The van der Waals surface area contributed by atoms with Crippen LogP contribution in [0.1, 0.15) is 11.4 Å². The van der Waals surface area contributed by atoms with E-state index in [0.717, 1.165) is 33.8 Å². The van der Waals surface area contributed by atoms with Crippen LogP contribution in [-0.2, 0) is 6.42 Å². The van der Waals surface area contributed by atoms with Crippen LogP contribution in [0.25, 0.3) is 5.52 Å². The maximum Gasteiger partial charge on any atom is 0.132 e. The molecule has 0 saturated heterocycles. The number of rotatable bonds is 3. The second-order valence-electron chi connectivity index (χ2n) is 4.56. The lowest BCUT2D eigenvalue weighted by atomic mass is 10.1. The lowest BCUT2D eigenvalue weighted by Crippen LogP contribution is -1.97. The summed E-state index contributed by atoms with van der Waals surface area (Å²) in [7, 11) is 1.67. The Kier molecular flexibility index (Phi) is 3.36. The van der Waals surface area contributed by atoms with Gasteiger partial charge in [-0.2, -0.15) is 0 Å². The molecule has 102 valence electrons. The van der Waals surface area contributed by atoms with E-state index in [1.165, 1.54) is 5.56 Å². The Labute approximate surface area is 125 Å². The van der Waals surface area contributed by atoms with E-state index in [4.69, 9.17) is 10.5 Å². The van der Waals surface area contributed by atoms with E-state index >= 15 is 0 Å². The normalized spacial score (nSPS) is 10.9. The zero-order chi connectivity index (χ0) is 14.1. The van der Waals surface area contributed by atoms with Gasteiger partial charge in [0, 0.05) is 18.3 Å². The minimum Gasteiger partial charge on any atom is -0.497 e. The van der Waals surface area contributed by atoms with E-state index in [0.29, 0.717) is 0 Å². The molecule has 0 fully saturated rings. The van der Waals surface area contributed by atoms with Crippen molar-refractivity contribution in [3.63, 3.8) is 0 Å². The summed E-state index contributed by atoms with van der Waals surface area (Å²) in [5.41, 5.74) is 8.70. The van der Waals surface area contributed by atoms with Gasteiger partial charge in [0.15, 0.2) is 0 Å². The fraction of sp³-hybridized carbons (Fsp3) is 0.133. The predicted molar refractivity (Wildman–Crippen MR) is 83.1 cm³/mol. The molecule has 0 atom stereocenters.